The zero-order valence-electron chi connectivity index (χ0n) is 12.9. The van der Waals surface area contributed by atoms with Crippen LogP contribution in [0.2, 0.25) is 5.02 Å². The van der Waals surface area contributed by atoms with Gasteiger partial charge in [0, 0.05) is 23.7 Å². The SMILES string of the molecule is C=CCn1c(SCC(=O)NCCC#N)nnc1-c1ccc(Cl)cc1. The minimum absolute atomic E-state index is 0.142. The van der Waals surface area contributed by atoms with Gasteiger partial charge in [-0.1, -0.05) is 29.4 Å². The lowest BCUT2D eigenvalue weighted by molar-refractivity contribution is -0.118. The topological polar surface area (TPSA) is 83.6 Å². The number of nitrogens with zero attached hydrogens (tertiary/aromatic N) is 4. The van der Waals surface area contributed by atoms with Gasteiger partial charge in [0.1, 0.15) is 0 Å². The molecule has 0 aliphatic rings. The normalized spacial score (nSPS) is 10.2. The Kier molecular flexibility index (Phi) is 6.85. The summed E-state index contributed by atoms with van der Waals surface area (Å²) < 4.78 is 1.89. The van der Waals surface area contributed by atoms with Gasteiger partial charge in [-0.25, -0.2) is 0 Å². The molecule has 1 N–H and O–H groups in total. The Bertz CT molecular complexity index is 751. The van der Waals surface area contributed by atoms with E-state index >= 15 is 0 Å². The van der Waals surface area contributed by atoms with Crippen molar-refractivity contribution in [1.82, 2.24) is 20.1 Å². The Labute approximate surface area is 149 Å². The Morgan fingerprint density at radius 3 is 2.83 bits per heavy atom. The van der Waals surface area contributed by atoms with Crippen LogP contribution in [-0.2, 0) is 11.3 Å². The average Bonchev–Trinajstić information content (AvgIpc) is 2.97. The van der Waals surface area contributed by atoms with E-state index in [1.54, 1.807) is 18.2 Å². The summed E-state index contributed by atoms with van der Waals surface area (Å²) in [5, 5.41) is 20.8. The van der Waals surface area contributed by atoms with E-state index in [-0.39, 0.29) is 11.7 Å². The molecule has 0 aliphatic heterocycles. The van der Waals surface area contributed by atoms with Crippen molar-refractivity contribution < 1.29 is 4.79 Å². The molecule has 0 saturated carbocycles. The number of nitriles is 1. The average molecular weight is 362 g/mol. The Morgan fingerprint density at radius 2 is 2.17 bits per heavy atom. The second-order valence-corrected chi connectivity index (χ2v) is 6.14. The fourth-order valence-corrected chi connectivity index (χ4v) is 2.84. The molecule has 0 saturated heterocycles. The molecule has 24 heavy (non-hydrogen) atoms. The van der Waals surface area contributed by atoms with Gasteiger partial charge in [-0.2, -0.15) is 5.26 Å². The van der Waals surface area contributed by atoms with Gasteiger partial charge in [-0.05, 0) is 24.3 Å². The number of hydrogen-bond donors (Lipinski definition) is 1. The van der Waals surface area contributed by atoms with Crippen molar-refractivity contribution in [3.63, 3.8) is 0 Å². The van der Waals surface area contributed by atoms with Crippen LogP contribution in [0.3, 0.4) is 0 Å². The van der Waals surface area contributed by atoms with Crippen molar-refractivity contribution in [2.24, 2.45) is 0 Å². The molecule has 0 bridgehead atoms. The van der Waals surface area contributed by atoms with E-state index < -0.39 is 0 Å². The van der Waals surface area contributed by atoms with Crippen molar-refractivity contribution in [1.29, 1.82) is 5.26 Å². The van der Waals surface area contributed by atoms with E-state index in [1.165, 1.54) is 11.8 Å². The third kappa shape index (κ3) is 4.85. The second-order valence-electron chi connectivity index (χ2n) is 4.76. The summed E-state index contributed by atoms with van der Waals surface area (Å²) in [6, 6.07) is 9.30. The van der Waals surface area contributed by atoms with Crippen LogP contribution >= 0.6 is 23.4 Å². The summed E-state index contributed by atoms with van der Waals surface area (Å²) in [5.74, 6) is 0.761. The first-order valence-corrected chi connectivity index (χ1v) is 8.58. The van der Waals surface area contributed by atoms with Gasteiger partial charge < -0.3 is 5.32 Å². The molecule has 0 atom stereocenters. The maximum Gasteiger partial charge on any atom is 0.230 e. The highest BCUT2D eigenvalue weighted by Crippen LogP contribution is 2.25. The monoisotopic (exact) mass is 361 g/mol. The summed E-state index contributed by atoms with van der Waals surface area (Å²) in [5.41, 5.74) is 0.888. The molecule has 0 fully saturated rings. The molecule has 2 rings (SSSR count). The number of allylic oxidation sites excluding steroid dienone is 1. The zero-order valence-corrected chi connectivity index (χ0v) is 14.5. The Hall–Kier alpha value is -2.30. The number of carbonyl (C=O) groups is 1. The van der Waals surface area contributed by atoms with Crippen LogP contribution in [0.4, 0.5) is 0 Å². The van der Waals surface area contributed by atoms with E-state index in [4.69, 9.17) is 16.9 Å². The lowest BCUT2D eigenvalue weighted by Crippen LogP contribution is -2.26. The van der Waals surface area contributed by atoms with Crippen LogP contribution in [0, 0.1) is 11.3 Å². The van der Waals surface area contributed by atoms with Crippen molar-refractivity contribution in [2.75, 3.05) is 12.3 Å². The molecule has 0 radical (unpaired) electrons. The predicted octanol–water partition coefficient (Wildman–Crippen LogP) is 2.91. The Morgan fingerprint density at radius 1 is 1.42 bits per heavy atom. The molecular weight excluding hydrogens is 346 g/mol. The molecule has 2 aromatic rings. The first-order valence-electron chi connectivity index (χ1n) is 7.22. The van der Waals surface area contributed by atoms with Crippen molar-refractivity contribution in [3.8, 4) is 17.5 Å². The molecule has 0 aliphatic carbocycles. The standard InChI is InChI=1S/C16H16ClN5OS/c1-2-10-22-15(12-4-6-13(17)7-5-12)20-21-16(22)24-11-14(23)19-9-3-8-18/h2,4-7H,1,3,9-11H2,(H,19,23). The van der Waals surface area contributed by atoms with E-state index in [2.05, 4.69) is 22.1 Å². The molecule has 8 heteroatoms. The number of halogens is 1. The van der Waals surface area contributed by atoms with Gasteiger partial charge in [0.15, 0.2) is 11.0 Å². The van der Waals surface area contributed by atoms with E-state index in [9.17, 15) is 4.79 Å². The fraction of sp³-hybridized carbons (Fsp3) is 0.250. The molecule has 0 unspecified atom stereocenters. The number of nitrogens with one attached hydrogen (secondary N) is 1. The van der Waals surface area contributed by atoms with Gasteiger partial charge in [0.25, 0.3) is 0 Å². The zero-order chi connectivity index (χ0) is 17.4. The number of amides is 1. The summed E-state index contributed by atoms with van der Waals surface area (Å²) in [7, 11) is 0. The highest BCUT2D eigenvalue weighted by atomic mass is 35.5. The fourth-order valence-electron chi connectivity index (χ4n) is 1.94. The van der Waals surface area contributed by atoms with Gasteiger partial charge in [-0.3, -0.25) is 9.36 Å². The van der Waals surface area contributed by atoms with Gasteiger partial charge in [-0.15, -0.1) is 16.8 Å². The first kappa shape index (κ1) is 18.0. The number of rotatable bonds is 8. The van der Waals surface area contributed by atoms with Crippen molar-refractivity contribution >= 4 is 29.3 Å². The number of benzene rings is 1. The summed E-state index contributed by atoms with van der Waals surface area (Å²) in [6.07, 6.45) is 2.05. The number of aromatic nitrogens is 3. The Balaban J connectivity index is 2.10. The van der Waals surface area contributed by atoms with Crippen LogP contribution in [-0.4, -0.2) is 33.0 Å². The molecule has 1 heterocycles. The minimum Gasteiger partial charge on any atom is -0.354 e. The van der Waals surface area contributed by atoms with E-state index in [0.717, 1.165) is 5.56 Å². The lowest BCUT2D eigenvalue weighted by Gasteiger charge is -2.08. The molecule has 124 valence electrons. The van der Waals surface area contributed by atoms with Gasteiger partial charge in [0.2, 0.25) is 5.91 Å². The maximum atomic E-state index is 11.7. The third-order valence-corrected chi connectivity index (χ3v) is 4.24. The lowest BCUT2D eigenvalue weighted by atomic mass is 10.2. The number of carbonyl (C=O) groups excluding carboxylic acids is 1. The van der Waals surface area contributed by atoms with E-state index in [1.807, 2.05) is 22.8 Å². The highest BCUT2D eigenvalue weighted by Gasteiger charge is 2.14. The second kappa shape index (κ2) is 9.11. The first-order chi connectivity index (χ1) is 11.7. The molecule has 0 spiro atoms. The van der Waals surface area contributed by atoms with Crippen molar-refractivity contribution in [2.45, 2.75) is 18.1 Å². The van der Waals surface area contributed by atoms with Crippen molar-refractivity contribution in [3.05, 3.63) is 41.9 Å². The third-order valence-electron chi connectivity index (χ3n) is 3.02. The highest BCUT2D eigenvalue weighted by molar-refractivity contribution is 7.99. The van der Waals surface area contributed by atoms with Crippen LogP contribution in [0.1, 0.15) is 6.42 Å². The molecule has 1 amide bonds. The predicted molar refractivity (Wildman–Crippen MR) is 94.6 cm³/mol. The summed E-state index contributed by atoms with van der Waals surface area (Å²) >= 11 is 7.21. The van der Waals surface area contributed by atoms with E-state index in [0.29, 0.717) is 35.5 Å². The summed E-state index contributed by atoms with van der Waals surface area (Å²) in [6.45, 7) is 4.64. The number of hydrogen-bond acceptors (Lipinski definition) is 5. The molecular formula is C16H16ClN5OS. The van der Waals surface area contributed by atoms with Crippen LogP contribution in [0.15, 0.2) is 42.1 Å². The molecule has 1 aromatic heterocycles. The quantitative estimate of drug-likeness (QED) is 0.444. The van der Waals surface area contributed by atoms with Crippen LogP contribution in [0.25, 0.3) is 11.4 Å². The van der Waals surface area contributed by atoms with Crippen LogP contribution in [0.5, 0.6) is 0 Å². The molecule has 6 nitrogen and oxygen atoms in total. The number of thioether (sulfide) groups is 1. The largest absolute Gasteiger partial charge is 0.354 e. The van der Waals surface area contributed by atoms with Gasteiger partial charge >= 0.3 is 0 Å². The minimum atomic E-state index is -0.142. The van der Waals surface area contributed by atoms with Gasteiger partial charge in [0.05, 0.1) is 18.2 Å². The maximum absolute atomic E-state index is 11.7. The molecule has 1 aromatic carbocycles. The smallest absolute Gasteiger partial charge is 0.230 e. The van der Waals surface area contributed by atoms with Crippen LogP contribution < -0.4 is 5.32 Å². The summed E-state index contributed by atoms with van der Waals surface area (Å²) in [4.78, 5) is 11.7.